The van der Waals surface area contributed by atoms with Crippen LogP contribution in [0.2, 0.25) is 0 Å². The zero-order valence-corrected chi connectivity index (χ0v) is 18.4. The lowest BCUT2D eigenvalue weighted by molar-refractivity contribution is 0.312. The Bertz CT molecular complexity index is 994. The van der Waals surface area contributed by atoms with Gasteiger partial charge in [0.15, 0.2) is 0 Å². The number of rotatable bonds is 7. The molecule has 1 aliphatic heterocycles. The third-order valence-electron chi connectivity index (χ3n) is 5.96. The Morgan fingerprint density at radius 1 is 0.933 bits per heavy atom. The van der Waals surface area contributed by atoms with Crippen LogP contribution in [-0.2, 0) is 12.8 Å². The second-order valence-electron chi connectivity index (χ2n) is 7.98. The first kappa shape index (κ1) is 20.8. The van der Waals surface area contributed by atoms with Gasteiger partial charge >= 0.3 is 0 Å². The van der Waals surface area contributed by atoms with Gasteiger partial charge in [0.05, 0.1) is 11.6 Å². The molecule has 1 aliphatic rings. The Morgan fingerprint density at radius 2 is 1.67 bits per heavy atom. The lowest BCUT2D eigenvalue weighted by Gasteiger charge is -2.34. The van der Waals surface area contributed by atoms with Crippen molar-refractivity contribution in [1.29, 1.82) is 0 Å². The Labute approximate surface area is 184 Å². The SMILES string of the molecule is CN1CCN(c2cc(CCc3cccc4ccccc34)c(N)c(OCCCl)c2)CC1. The van der Waals surface area contributed by atoms with Gasteiger partial charge < -0.3 is 20.3 Å². The van der Waals surface area contributed by atoms with Gasteiger partial charge in [0.1, 0.15) is 12.4 Å². The number of halogens is 1. The maximum absolute atomic E-state index is 6.53. The lowest BCUT2D eigenvalue weighted by atomic mass is 9.97. The van der Waals surface area contributed by atoms with Crippen molar-refractivity contribution >= 4 is 33.7 Å². The molecule has 2 N–H and O–H groups in total. The summed E-state index contributed by atoms with van der Waals surface area (Å²) in [5, 5.41) is 2.59. The normalized spacial score (nSPS) is 14.9. The van der Waals surface area contributed by atoms with Crippen molar-refractivity contribution in [2.45, 2.75) is 12.8 Å². The highest BCUT2D eigenvalue weighted by Gasteiger charge is 2.18. The second-order valence-corrected chi connectivity index (χ2v) is 8.36. The Balaban J connectivity index is 1.61. The van der Waals surface area contributed by atoms with E-state index in [1.165, 1.54) is 22.0 Å². The molecular formula is C25H30ClN3O. The van der Waals surface area contributed by atoms with E-state index in [9.17, 15) is 0 Å². The number of nitrogen functional groups attached to an aromatic ring is 1. The molecule has 30 heavy (non-hydrogen) atoms. The molecule has 4 nitrogen and oxygen atoms in total. The van der Waals surface area contributed by atoms with Gasteiger partial charge in [-0.3, -0.25) is 0 Å². The predicted octanol–water partition coefficient (Wildman–Crippen LogP) is 4.58. The molecule has 158 valence electrons. The molecule has 0 unspecified atom stereocenters. The molecule has 0 radical (unpaired) electrons. The van der Waals surface area contributed by atoms with Crippen LogP contribution in [0.1, 0.15) is 11.1 Å². The number of hydrogen-bond donors (Lipinski definition) is 1. The number of alkyl halides is 1. The fourth-order valence-corrected chi connectivity index (χ4v) is 4.25. The summed E-state index contributed by atoms with van der Waals surface area (Å²) in [7, 11) is 2.17. The Hall–Kier alpha value is -2.43. The number of likely N-dealkylation sites (N-methyl/N-ethyl adjacent to an activating group) is 1. The van der Waals surface area contributed by atoms with Gasteiger partial charge in [0.2, 0.25) is 0 Å². The standard InChI is InChI=1S/C25H30ClN3O/c1-28-12-14-29(15-13-28)22-17-21(25(27)24(18-22)30-16-11-26)10-9-20-7-4-6-19-5-2-3-8-23(19)20/h2-8,17-18H,9-16,27H2,1H3. The molecule has 0 atom stereocenters. The minimum atomic E-state index is 0.448. The Morgan fingerprint density at radius 3 is 2.47 bits per heavy atom. The quantitative estimate of drug-likeness (QED) is 0.446. The number of anilines is 2. The van der Waals surface area contributed by atoms with Gasteiger partial charge in [0.25, 0.3) is 0 Å². The Kier molecular flexibility index (Phi) is 6.66. The number of hydrogen-bond acceptors (Lipinski definition) is 4. The van der Waals surface area contributed by atoms with E-state index in [-0.39, 0.29) is 0 Å². The molecule has 1 fully saturated rings. The summed E-state index contributed by atoms with van der Waals surface area (Å²) in [6.07, 6.45) is 1.81. The van der Waals surface area contributed by atoms with Gasteiger partial charge in [-0.15, -0.1) is 11.6 Å². The zero-order valence-electron chi connectivity index (χ0n) is 17.6. The molecule has 1 saturated heterocycles. The monoisotopic (exact) mass is 423 g/mol. The largest absolute Gasteiger partial charge is 0.490 e. The fraction of sp³-hybridized carbons (Fsp3) is 0.360. The van der Waals surface area contributed by atoms with Crippen LogP contribution in [0.25, 0.3) is 10.8 Å². The minimum Gasteiger partial charge on any atom is -0.490 e. The second kappa shape index (κ2) is 9.59. The van der Waals surface area contributed by atoms with Crippen molar-refractivity contribution in [2.75, 3.05) is 56.3 Å². The highest BCUT2D eigenvalue weighted by molar-refractivity contribution is 6.18. The highest BCUT2D eigenvalue weighted by Crippen LogP contribution is 2.34. The molecule has 3 aromatic rings. The van der Waals surface area contributed by atoms with E-state index >= 15 is 0 Å². The molecule has 3 aromatic carbocycles. The van der Waals surface area contributed by atoms with Crippen LogP contribution >= 0.6 is 11.6 Å². The van der Waals surface area contributed by atoms with Gasteiger partial charge in [-0.25, -0.2) is 0 Å². The third-order valence-corrected chi connectivity index (χ3v) is 6.11. The first-order valence-corrected chi connectivity index (χ1v) is 11.2. The van der Waals surface area contributed by atoms with Crippen molar-refractivity contribution in [3.63, 3.8) is 0 Å². The molecule has 1 heterocycles. The summed E-state index contributed by atoms with van der Waals surface area (Å²) in [6, 6.07) is 19.4. The third kappa shape index (κ3) is 4.66. The molecule has 0 spiro atoms. The summed E-state index contributed by atoms with van der Waals surface area (Å²) in [5.74, 6) is 1.20. The van der Waals surface area contributed by atoms with Gasteiger partial charge in [-0.2, -0.15) is 0 Å². The number of ether oxygens (including phenoxy) is 1. The fourth-order valence-electron chi connectivity index (χ4n) is 4.17. The summed E-state index contributed by atoms with van der Waals surface area (Å²) < 4.78 is 5.91. The van der Waals surface area contributed by atoms with Crippen LogP contribution in [0.5, 0.6) is 5.75 Å². The number of nitrogens with zero attached hydrogens (tertiary/aromatic N) is 2. The minimum absolute atomic E-state index is 0.448. The lowest BCUT2D eigenvalue weighted by Crippen LogP contribution is -2.44. The molecule has 0 aromatic heterocycles. The number of fused-ring (bicyclic) bond motifs is 1. The summed E-state index contributed by atoms with van der Waals surface area (Å²) in [5.41, 5.74) is 10.9. The molecule has 5 heteroatoms. The van der Waals surface area contributed by atoms with Crippen molar-refractivity contribution in [3.05, 3.63) is 65.7 Å². The maximum Gasteiger partial charge on any atom is 0.144 e. The summed E-state index contributed by atoms with van der Waals surface area (Å²) in [6.45, 7) is 4.61. The van der Waals surface area contributed by atoms with E-state index in [2.05, 4.69) is 71.4 Å². The van der Waals surface area contributed by atoms with Crippen LogP contribution < -0.4 is 15.4 Å². The van der Waals surface area contributed by atoms with E-state index in [0.717, 1.165) is 56.0 Å². The molecule has 0 amide bonds. The number of nitrogens with two attached hydrogens (primary N) is 1. The van der Waals surface area contributed by atoms with Gasteiger partial charge in [-0.05, 0) is 47.9 Å². The van der Waals surface area contributed by atoms with E-state index in [1.807, 2.05) is 0 Å². The van der Waals surface area contributed by atoms with Crippen LogP contribution in [0.15, 0.2) is 54.6 Å². The van der Waals surface area contributed by atoms with Gasteiger partial charge in [0, 0.05) is 37.9 Å². The molecular weight excluding hydrogens is 394 g/mol. The number of aryl methyl sites for hydroxylation is 2. The van der Waals surface area contributed by atoms with Crippen LogP contribution in [0, 0.1) is 0 Å². The molecule has 0 saturated carbocycles. The number of piperazine rings is 1. The smallest absolute Gasteiger partial charge is 0.144 e. The van der Waals surface area contributed by atoms with Crippen molar-refractivity contribution < 1.29 is 4.74 Å². The van der Waals surface area contributed by atoms with Crippen molar-refractivity contribution in [2.24, 2.45) is 0 Å². The van der Waals surface area contributed by atoms with Crippen LogP contribution in [0.3, 0.4) is 0 Å². The molecule has 0 aliphatic carbocycles. The van der Waals surface area contributed by atoms with Crippen molar-refractivity contribution in [1.82, 2.24) is 4.90 Å². The molecule has 4 rings (SSSR count). The summed E-state index contributed by atoms with van der Waals surface area (Å²) in [4.78, 5) is 4.79. The van der Waals surface area contributed by atoms with E-state index < -0.39 is 0 Å². The highest BCUT2D eigenvalue weighted by atomic mass is 35.5. The molecule has 0 bridgehead atoms. The van der Waals surface area contributed by atoms with Crippen molar-refractivity contribution in [3.8, 4) is 5.75 Å². The zero-order chi connectivity index (χ0) is 20.9. The van der Waals surface area contributed by atoms with E-state index in [0.29, 0.717) is 12.5 Å². The topological polar surface area (TPSA) is 41.7 Å². The summed E-state index contributed by atoms with van der Waals surface area (Å²) >= 11 is 5.86. The number of benzene rings is 3. The average Bonchev–Trinajstić information content (AvgIpc) is 2.78. The first-order chi connectivity index (χ1) is 14.7. The van der Waals surface area contributed by atoms with Gasteiger partial charge in [-0.1, -0.05) is 42.5 Å². The van der Waals surface area contributed by atoms with E-state index in [4.69, 9.17) is 22.1 Å². The van der Waals surface area contributed by atoms with E-state index in [1.54, 1.807) is 0 Å². The average molecular weight is 424 g/mol. The van der Waals surface area contributed by atoms with Crippen LogP contribution in [0.4, 0.5) is 11.4 Å². The van der Waals surface area contributed by atoms with Crippen LogP contribution in [-0.4, -0.2) is 50.6 Å². The predicted molar refractivity (Wildman–Crippen MR) is 128 cm³/mol. The first-order valence-electron chi connectivity index (χ1n) is 10.7. The maximum atomic E-state index is 6.53.